The molecule has 144 valence electrons. The molecule has 1 fully saturated rings. The van der Waals surface area contributed by atoms with Gasteiger partial charge in [0.2, 0.25) is 11.8 Å². The monoisotopic (exact) mass is 398 g/mol. The van der Waals surface area contributed by atoms with Crippen molar-refractivity contribution in [1.82, 2.24) is 10.4 Å². The highest BCUT2D eigenvalue weighted by Crippen LogP contribution is 2.27. The third kappa shape index (κ3) is 3.13. The minimum Gasteiger partial charge on any atom is -0.312 e. The minimum absolute atomic E-state index is 0.0932. The largest absolute Gasteiger partial charge is 0.312 e. The Labute approximate surface area is 162 Å². The molecule has 2 heterocycles. The number of amides is 2. The molecule has 0 bridgehead atoms. The third-order valence-corrected chi connectivity index (χ3v) is 6.10. The van der Waals surface area contributed by atoms with E-state index < -0.39 is 15.9 Å². The highest BCUT2D eigenvalue weighted by Gasteiger charge is 2.37. The smallest absolute Gasteiger partial charge is 0.285 e. The highest BCUT2D eigenvalue weighted by atomic mass is 32.2. The molecule has 0 aromatic heterocycles. The van der Waals surface area contributed by atoms with E-state index in [4.69, 9.17) is 0 Å². The quantitative estimate of drug-likeness (QED) is 0.765. The number of rotatable bonds is 2. The van der Waals surface area contributed by atoms with Crippen LogP contribution in [0.4, 0.5) is 5.69 Å². The molecule has 0 saturated carbocycles. The number of carbonyl (C=O) groups excluding carboxylic acids is 2. The van der Waals surface area contributed by atoms with Gasteiger partial charge in [0.25, 0.3) is 10.0 Å². The number of benzene rings is 2. The van der Waals surface area contributed by atoms with E-state index in [0.29, 0.717) is 5.56 Å². The Morgan fingerprint density at radius 1 is 1.14 bits per heavy atom. The van der Waals surface area contributed by atoms with Crippen LogP contribution in [-0.4, -0.2) is 44.7 Å². The van der Waals surface area contributed by atoms with Crippen molar-refractivity contribution in [3.63, 3.8) is 0 Å². The molecule has 2 aromatic carbocycles. The van der Waals surface area contributed by atoms with Gasteiger partial charge in [0.05, 0.1) is 5.92 Å². The molecule has 8 nitrogen and oxygen atoms in total. The van der Waals surface area contributed by atoms with E-state index in [0.717, 1.165) is 5.69 Å². The number of nitrogens with zero attached hydrogens (tertiary/aromatic N) is 3. The summed E-state index contributed by atoms with van der Waals surface area (Å²) in [6, 6.07) is 15.6. The summed E-state index contributed by atoms with van der Waals surface area (Å²) < 4.78 is 28.1. The van der Waals surface area contributed by atoms with E-state index in [1.54, 1.807) is 23.1 Å². The number of fused-ring (bicyclic) bond motifs is 1. The number of hydrogen-bond acceptors (Lipinski definition) is 5. The maximum atomic E-state index is 12.7. The first-order valence-electron chi connectivity index (χ1n) is 8.71. The van der Waals surface area contributed by atoms with Gasteiger partial charge in [0, 0.05) is 31.3 Å². The van der Waals surface area contributed by atoms with Gasteiger partial charge in [0.1, 0.15) is 4.90 Å². The maximum Gasteiger partial charge on any atom is 0.285 e. The fourth-order valence-electron chi connectivity index (χ4n) is 3.38. The fraction of sp³-hybridized carbons (Fsp3) is 0.211. The summed E-state index contributed by atoms with van der Waals surface area (Å²) in [5.41, 5.74) is 3.83. The zero-order chi connectivity index (χ0) is 19.9. The van der Waals surface area contributed by atoms with E-state index in [9.17, 15) is 18.0 Å². The summed E-state index contributed by atoms with van der Waals surface area (Å²) in [4.78, 5) is 26.7. The topological polar surface area (TPSA) is 99.2 Å². The number of hydrogen-bond donors (Lipinski definition) is 1. The zero-order valence-corrected chi connectivity index (χ0v) is 15.9. The third-order valence-electron chi connectivity index (χ3n) is 4.77. The van der Waals surface area contributed by atoms with Crippen LogP contribution in [0.5, 0.6) is 0 Å². The van der Waals surface area contributed by atoms with Crippen molar-refractivity contribution < 1.29 is 18.0 Å². The predicted octanol–water partition coefficient (Wildman–Crippen LogP) is 1.15. The maximum absolute atomic E-state index is 12.7. The molecule has 2 aliphatic heterocycles. The van der Waals surface area contributed by atoms with Crippen molar-refractivity contribution in [2.24, 2.45) is 10.3 Å². The van der Waals surface area contributed by atoms with Gasteiger partial charge in [-0.15, -0.1) is 4.40 Å². The van der Waals surface area contributed by atoms with Gasteiger partial charge in [-0.05, 0) is 24.3 Å². The number of nitrogens with one attached hydrogen (secondary N) is 1. The Morgan fingerprint density at radius 3 is 2.57 bits per heavy atom. The normalized spacial score (nSPS) is 19.9. The summed E-state index contributed by atoms with van der Waals surface area (Å²) >= 11 is 0. The minimum atomic E-state index is -3.78. The Morgan fingerprint density at radius 2 is 1.82 bits per heavy atom. The molecule has 28 heavy (non-hydrogen) atoms. The zero-order valence-electron chi connectivity index (χ0n) is 15.1. The van der Waals surface area contributed by atoms with E-state index in [1.165, 1.54) is 18.1 Å². The summed E-state index contributed by atoms with van der Waals surface area (Å²) in [6.45, 7) is 0.268. The average molecular weight is 398 g/mol. The predicted molar refractivity (Wildman–Crippen MR) is 103 cm³/mol. The number of para-hydroxylation sites is 1. The lowest BCUT2D eigenvalue weighted by molar-refractivity contribution is -0.128. The molecule has 0 aliphatic carbocycles. The van der Waals surface area contributed by atoms with Crippen LogP contribution in [0.25, 0.3) is 0 Å². The van der Waals surface area contributed by atoms with Crippen molar-refractivity contribution in [2.75, 3.05) is 18.5 Å². The first kappa shape index (κ1) is 18.2. The number of anilines is 1. The number of hydrazine groups is 1. The van der Waals surface area contributed by atoms with E-state index >= 15 is 0 Å². The van der Waals surface area contributed by atoms with Gasteiger partial charge >= 0.3 is 0 Å². The lowest BCUT2D eigenvalue weighted by Crippen LogP contribution is -2.46. The summed E-state index contributed by atoms with van der Waals surface area (Å²) in [6.07, 6.45) is 0.0932. The number of sulfonamides is 1. The molecule has 1 saturated heterocycles. The second kappa shape index (κ2) is 6.75. The second-order valence-electron chi connectivity index (χ2n) is 6.66. The lowest BCUT2D eigenvalue weighted by atomic mass is 10.1. The van der Waals surface area contributed by atoms with Crippen LogP contribution >= 0.6 is 0 Å². The van der Waals surface area contributed by atoms with Gasteiger partial charge in [-0.1, -0.05) is 30.3 Å². The summed E-state index contributed by atoms with van der Waals surface area (Å²) in [5, 5.41) is 1.29. The number of amidine groups is 1. The van der Waals surface area contributed by atoms with Gasteiger partial charge in [-0.25, -0.2) is 0 Å². The molecular formula is C19H18N4O4S. The van der Waals surface area contributed by atoms with E-state index in [1.807, 2.05) is 30.3 Å². The first-order chi connectivity index (χ1) is 13.4. The molecule has 2 amide bonds. The van der Waals surface area contributed by atoms with Crippen LogP contribution in [0, 0.1) is 5.92 Å². The molecule has 2 aliphatic rings. The molecular weight excluding hydrogens is 380 g/mol. The van der Waals surface area contributed by atoms with Crippen LogP contribution in [0.2, 0.25) is 0 Å². The van der Waals surface area contributed by atoms with Gasteiger partial charge < -0.3 is 4.90 Å². The van der Waals surface area contributed by atoms with Crippen LogP contribution in [0.1, 0.15) is 12.0 Å². The highest BCUT2D eigenvalue weighted by molar-refractivity contribution is 7.90. The standard InChI is InChI=1S/C19H18N4O4S/c1-22(18-15-9-5-6-10-16(15)28(26,27)21-18)20-19(25)13-11-17(24)23(12-13)14-7-3-2-4-8-14/h2-10,13H,11-12H2,1H3,(H,20,25)/t13-/m0/s1. The first-order valence-corrected chi connectivity index (χ1v) is 10.1. The Hall–Kier alpha value is -3.20. The van der Waals surface area contributed by atoms with Gasteiger partial charge in [-0.2, -0.15) is 8.42 Å². The van der Waals surface area contributed by atoms with Crippen molar-refractivity contribution in [3.8, 4) is 0 Å². The molecule has 1 N–H and O–H groups in total. The summed E-state index contributed by atoms with van der Waals surface area (Å²) in [5.74, 6) is -0.879. The molecule has 0 radical (unpaired) electrons. The molecule has 9 heteroatoms. The van der Waals surface area contributed by atoms with Gasteiger partial charge in [0.15, 0.2) is 5.84 Å². The molecule has 2 aromatic rings. The van der Waals surface area contributed by atoms with E-state index in [2.05, 4.69) is 9.82 Å². The van der Waals surface area contributed by atoms with Crippen LogP contribution in [0.3, 0.4) is 0 Å². The van der Waals surface area contributed by atoms with Crippen molar-refractivity contribution >= 4 is 33.4 Å². The second-order valence-corrected chi connectivity index (χ2v) is 8.23. The number of carbonyl (C=O) groups is 2. The van der Waals surface area contributed by atoms with Crippen LogP contribution in [0.15, 0.2) is 63.9 Å². The molecule has 1 atom stereocenters. The van der Waals surface area contributed by atoms with Crippen LogP contribution in [-0.2, 0) is 19.6 Å². The Bertz CT molecular complexity index is 1080. The lowest BCUT2D eigenvalue weighted by Gasteiger charge is -2.22. The Balaban J connectivity index is 1.48. The van der Waals surface area contributed by atoms with Crippen molar-refractivity contribution in [1.29, 1.82) is 0 Å². The molecule has 0 spiro atoms. The molecule has 4 rings (SSSR count). The Kier molecular flexibility index (Phi) is 4.38. The van der Waals surface area contributed by atoms with Crippen LogP contribution < -0.4 is 10.3 Å². The fourth-order valence-corrected chi connectivity index (χ4v) is 4.62. The van der Waals surface area contributed by atoms with Gasteiger partial charge in [-0.3, -0.25) is 20.0 Å². The van der Waals surface area contributed by atoms with Crippen molar-refractivity contribution in [3.05, 3.63) is 60.2 Å². The van der Waals surface area contributed by atoms with Crippen molar-refractivity contribution in [2.45, 2.75) is 11.3 Å². The SMILES string of the molecule is CN(NC(=O)[C@H]1CC(=O)N(c2ccccc2)C1)C1=NS(=O)(=O)c2ccccc21. The molecule has 0 unspecified atom stereocenters. The van der Waals surface area contributed by atoms with E-state index in [-0.39, 0.29) is 35.5 Å². The average Bonchev–Trinajstić information content (AvgIpc) is 3.20. The summed E-state index contributed by atoms with van der Waals surface area (Å²) in [7, 11) is -2.25.